The monoisotopic (exact) mass is 431 g/mol. The van der Waals surface area contributed by atoms with Crippen LogP contribution in [0.25, 0.3) is 21.3 Å². The molecular formula is C22H13N11. The van der Waals surface area contributed by atoms with E-state index in [0.29, 0.717) is 23.0 Å². The summed E-state index contributed by atoms with van der Waals surface area (Å²) in [5.41, 5.74) is 0.576. The third-order valence-corrected chi connectivity index (χ3v) is 5.05. The Morgan fingerprint density at radius 1 is 0.909 bits per heavy atom. The minimum absolute atomic E-state index is 0.00746. The Hall–Kier alpha value is -5.39. The van der Waals surface area contributed by atoms with Gasteiger partial charge in [0.1, 0.15) is 18.5 Å². The number of hydrogen-bond acceptors (Lipinski definition) is 7. The van der Waals surface area contributed by atoms with Crippen molar-refractivity contribution in [2.75, 3.05) is 0 Å². The highest BCUT2D eigenvalue weighted by atomic mass is 15.2. The summed E-state index contributed by atoms with van der Waals surface area (Å²) < 4.78 is 2.88. The van der Waals surface area contributed by atoms with E-state index in [4.69, 9.17) is 23.4 Å². The number of nitrogens with zero attached hydrogens (tertiary/aromatic N) is 11. The number of nitriles is 2. The third-order valence-electron chi connectivity index (χ3n) is 5.05. The summed E-state index contributed by atoms with van der Waals surface area (Å²) in [5, 5.41) is 18.6. The largest absolute Gasteiger partial charge is 0.373 e. The summed E-state index contributed by atoms with van der Waals surface area (Å²) in [7, 11) is 0. The predicted molar refractivity (Wildman–Crippen MR) is 115 cm³/mol. The molecule has 0 aliphatic carbocycles. The quantitative estimate of drug-likeness (QED) is 0.452. The van der Waals surface area contributed by atoms with E-state index >= 15 is 0 Å². The lowest BCUT2D eigenvalue weighted by molar-refractivity contribution is 0.587. The molecule has 0 unspecified atom stereocenters. The molecule has 0 spiro atoms. The van der Waals surface area contributed by atoms with E-state index in [1.165, 1.54) is 28.0 Å². The maximum absolute atomic E-state index is 9.42. The van der Waals surface area contributed by atoms with Gasteiger partial charge in [0.25, 0.3) is 18.0 Å². The van der Waals surface area contributed by atoms with Gasteiger partial charge in [0, 0.05) is 12.3 Å². The normalized spacial score (nSPS) is 10.6. The molecule has 0 amide bonds. The van der Waals surface area contributed by atoms with Crippen molar-refractivity contribution in [2.24, 2.45) is 0 Å². The Bertz CT molecular complexity index is 1430. The summed E-state index contributed by atoms with van der Waals surface area (Å²) in [6, 6.07) is 9.20. The zero-order chi connectivity index (χ0) is 23.6. The van der Waals surface area contributed by atoms with Gasteiger partial charge >= 0.3 is 0 Å². The predicted octanol–water partition coefficient (Wildman–Crippen LogP) is 3.41. The minimum atomic E-state index is -0.716. The summed E-state index contributed by atoms with van der Waals surface area (Å²) >= 11 is 0. The zero-order valence-electron chi connectivity index (χ0n) is 17.5. The summed E-state index contributed by atoms with van der Waals surface area (Å²) in [5.74, 6) is 0.888. The van der Waals surface area contributed by atoms with Gasteiger partial charge in [-0.3, -0.25) is 9.55 Å². The third kappa shape index (κ3) is 3.42. The van der Waals surface area contributed by atoms with Crippen LogP contribution >= 0.6 is 0 Å². The first-order valence-electron chi connectivity index (χ1n) is 9.45. The van der Waals surface area contributed by atoms with E-state index in [1.54, 1.807) is 18.3 Å². The maximum atomic E-state index is 9.42. The molecule has 0 radical (unpaired) electrons. The van der Waals surface area contributed by atoms with Crippen molar-refractivity contribution in [1.29, 1.82) is 10.5 Å². The Balaban J connectivity index is 1.78. The second kappa shape index (κ2) is 8.03. The lowest BCUT2D eigenvalue weighted by atomic mass is 9.85. The number of pyridine rings is 1. The fourth-order valence-electron chi connectivity index (χ4n) is 3.20. The van der Waals surface area contributed by atoms with Crippen LogP contribution in [-0.2, 0) is 5.41 Å². The molecular weight excluding hydrogens is 418 g/mol. The van der Waals surface area contributed by atoms with Crippen LogP contribution in [0.5, 0.6) is 0 Å². The number of imidazole rings is 2. The van der Waals surface area contributed by atoms with Crippen molar-refractivity contribution in [3.8, 4) is 23.8 Å². The fraction of sp³-hybridized carbons (Fsp3) is 0.136. The zero-order valence-corrected chi connectivity index (χ0v) is 17.5. The molecule has 33 heavy (non-hydrogen) atoms. The fourth-order valence-corrected chi connectivity index (χ4v) is 3.20. The highest BCUT2D eigenvalue weighted by molar-refractivity contribution is 5.64. The molecule has 4 heterocycles. The van der Waals surface area contributed by atoms with Crippen molar-refractivity contribution < 1.29 is 0 Å². The number of hydrogen-bond donors (Lipinski definition) is 0. The van der Waals surface area contributed by atoms with Gasteiger partial charge in [-0.15, -0.1) is 0 Å². The summed E-state index contributed by atoms with van der Waals surface area (Å²) in [6.45, 7) is 18.4. The van der Waals surface area contributed by atoms with Crippen LogP contribution in [0.1, 0.15) is 36.6 Å². The molecule has 0 atom stereocenters. The van der Waals surface area contributed by atoms with E-state index in [1.807, 2.05) is 32.1 Å². The van der Waals surface area contributed by atoms with Gasteiger partial charge in [-0.1, -0.05) is 24.2 Å². The van der Waals surface area contributed by atoms with Gasteiger partial charge in [-0.25, -0.2) is 19.5 Å². The van der Waals surface area contributed by atoms with Gasteiger partial charge in [0.2, 0.25) is 5.82 Å². The lowest BCUT2D eigenvalue weighted by Crippen LogP contribution is -2.23. The Morgan fingerprint density at radius 3 is 2.36 bits per heavy atom. The molecule has 0 fully saturated rings. The van der Waals surface area contributed by atoms with E-state index < -0.39 is 5.41 Å². The molecule has 0 saturated heterocycles. The highest BCUT2D eigenvalue weighted by Gasteiger charge is 2.29. The van der Waals surface area contributed by atoms with Gasteiger partial charge in [0.05, 0.1) is 23.0 Å². The van der Waals surface area contributed by atoms with Crippen molar-refractivity contribution in [1.82, 2.24) is 34.1 Å². The molecule has 11 heteroatoms. The molecule has 0 saturated carbocycles. The second-order valence-electron chi connectivity index (χ2n) is 7.29. The van der Waals surface area contributed by atoms with E-state index in [-0.39, 0.29) is 23.0 Å². The average molecular weight is 431 g/mol. The Morgan fingerprint density at radius 2 is 1.67 bits per heavy atom. The van der Waals surface area contributed by atoms with Crippen LogP contribution in [0, 0.1) is 35.8 Å². The van der Waals surface area contributed by atoms with Crippen LogP contribution < -0.4 is 0 Å². The van der Waals surface area contributed by atoms with Crippen molar-refractivity contribution >= 4 is 11.6 Å². The Kier molecular flexibility index (Phi) is 5.08. The van der Waals surface area contributed by atoms with Crippen LogP contribution in [0.4, 0.5) is 11.6 Å². The molecule has 156 valence electrons. The molecule has 4 rings (SSSR count). The molecule has 11 nitrogen and oxygen atoms in total. The number of aromatic nitrogens is 7. The number of rotatable bonds is 4. The SMILES string of the molecule is [C-]#[N+]c1ncn(-c2cccc(C(C)(C)c3cncc(-n4cnc(C#N)c4C#N)n3)n2)c1[N+]#[C-]. The lowest BCUT2D eigenvalue weighted by Gasteiger charge is -2.24. The molecule has 0 aliphatic heterocycles. The maximum Gasteiger partial charge on any atom is 0.293 e. The minimum Gasteiger partial charge on any atom is -0.373 e. The van der Waals surface area contributed by atoms with Gasteiger partial charge in [0.15, 0.2) is 17.2 Å². The molecule has 0 N–H and O–H groups in total. The van der Waals surface area contributed by atoms with E-state index in [2.05, 4.69) is 29.6 Å². The van der Waals surface area contributed by atoms with Crippen molar-refractivity contribution in [3.05, 3.63) is 88.9 Å². The van der Waals surface area contributed by atoms with Gasteiger partial charge < -0.3 is 9.69 Å². The van der Waals surface area contributed by atoms with Crippen molar-refractivity contribution in [3.63, 3.8) is 0 Å². The smallest absolute Gasteiger partial charge is 0.293 e. The van der Waals surface area contributed by atoms with Crippen LogP contribution in [0.15, 0.2) is 43.2 Å². The average Bonchev–Trinajstić information content (AvgIpc) is 3.47. The second-order valence-corrected chi connectivity index (χ2v) is 7.29. The van der Waals surface area contributed by atoms with Crippen molar-refractivity contribution in [2.45, 2.75) is 19.3 Å². The molecule has 0 aliphatic rings. The first-order chi connectivity index (χ1) is 15.9. The molecule has 4 aromatic heterocycles. The molecule has 4 aromatic rings. The standard InChI is InChI=1S/C22H13N11/c1-22(2,16-6-5-7-18(30-16)33-13-29-20(25-3)21(33)26-4)17-10-27-11-19(31-17)32-12-28-14(8-23)15(32)9-24/h5-7,10-13H,1-2H3. The van der Waals surface area contributed by atoms with E-state index in [0.717, 1.165) is 0 Å². The summed E-state index contributed by atoms with van der Waals surface area (Å²) in [6.07, 6.45) is 5.84. The van der Waals surface area contributed by atoms with Gasteiger partial charge in [-0.2, -0.15) is 10.5 Å². The van der Waals surface area contributed by atoms with Crippen LogP contribution in [-0.4, -0.2) is 34.1 Å². The summed E-state index contributed by atoms with van der Waals surface area (Å²) in [4.78, 5) is 28.2. The first-order valence-corrected chi connectivity index (χ1v) is 9.45. The van der Waals surface area contributed by atoms with Crippen LogP contribution in [0.3, 0.4) is 0 Å². The van der Waals surface area contributed by atoms with Crippen LogP contribution in [0.2, 0.25) is 0 Å². The highest BCUT2D eigenvalue weighted by Crippen LogP contribution is 2.32. The Labute approximate surface area is 188 Å². The van der Waals surface area contributed by atoms with E-state index in [9.17, 15) is 5.26 Å². The van der Waals surface area contributed by atoms with Gasteiger partial charge in [-0.05, 0) is 19.9 Å². The molecule has 0 aromatic carbocycles. The molecule has 0 bridgehead atoms. The first kappa shape index (κ1) is 20.9. The topological polar surface area (TPSA) is 131 Å².